The van der Waals surface area contributed by atoms with Gasteiger partial charge in [0.15, 0.2) is 0 Å². The SMILES string of the molecule is CCOc1nnc(CN2CCCC2C(=O)OCc2ccccc2)s1. The molecule has 0 spiro atoms. The van der Waals surface area contributed by atoms with Crippen LogP contribution in [0.2, 0.25) is 0 Å². The fourth-order valence-corrected chi connectivity index (χ4v) is 3.54. The Labute approximate surface area is 145 Å². The van der Waals surface area contributed by atoms with Gasteiger partial charge in [-0.1, -0.05) is 41.7 Å². The zero-order valence-corrected chi connectivity index (χ0v) is 14.5. The van der Waals surface area contributed by atoms with Crippen LogP contribution in [0.3, 0.4) is 0 Å². The molecular formula is C17H21N3O3S. The largest absolute Gasteiger partial charge is 0.469 e. The first-order chi connectivity index (χ1) is 11.8. The lowest BCUT2D eigenvalue weighted by Gasteiger charge is -2.21. The van der Waals surface area contributed by atoms with Crippen LogP contribution in [0.25, 0.3) is 0 Å². The maximum absolute atomic E-state index is 12.4. The standard InChI is InChI=1S/C17H21N3O3S/c1-2-22-17-19-18-15(24-17)11-20-10-6-9-14(20)16(21)23-12-13-7-4-3-5-8-13/h3-5,7-8,14H,2,6,9-12H2,1H3. The Morgan fingerprint density at radius 3 is 2.96 bits per heavy atom. The van der Waals surface area contributed by atoms with E-state index in [2.05, 4.69) is 15.1 Å². The number of benzene rings is 1. The molecule has 0 N–H and O–H groups in total. The summed E-state index contributed by atoms with van der Waals surface area (Å²) >= 11 is 1.43. The van der Waals surface area contributed by atoms with Crippen molar-refractivity contribution in [1.29, 1.82) is 0 Å². The number of carbonyl (C=O) groups is 1. The van der Waals surface area contributed by atoms with Crippen LogP contribution in [0.5, 0.6) is 5.19 Å². The highest BCUT2D eigenvalue weighted by atomic mass is 32.1. The van der Waals surface area contributed by atoms with Crippen molar-refractivity contribution in [3.05, 3.63) is 40.9 Å². The van der Waals surface area contributed by atoms with Crippen LogP contribution in [0.15, 0.2) is 30.3 Å². The number of ether oxygens (including phenoxy) is 2. The van der Waals surface area contributed by atoms with E-state index >= 15 is 0 Å². The minimum atomic E-state index is -0.201. The third kappa shape index (κ3) is 4.30. The number of carbonyl (C=O) groups excluding carboxylic acids is 1. The lowest BCUT2D eigenvalue weighted by Crippen LogP contribution is -2.36. The monoisotopic (exact) mass is 347 g/mol. The van der Waals surface area contributed by atoms with E-state index in [1.54, 1.807) is 0 Å². The molecule has 3 rings (SSSR count). The molecule has 24 heavy (non-hydrogen) atoms. The number of likely N-dealkylation sites (tertiary alicyclic amines) is 1. The van der Waals surface area contributed by atoms with Crippen molar-refractivity contribution in [3.8, 4) is 5.19 Å². The van der Waals surface area contributed by atoms with Gasteiger partial charge in [-0.15, -0.1) is 10.2 Å². The van der Waals surface area contributed by atoms with Crippen molar-refractivity contribution in [2.75, 3.05) is 13.2 Å². The van der Waals surface area contributed by atoms with Crippen LogP contribution >= 0.6 is 11.3 Å². The molecule has 128 valence electrons. The van der Waals surface area contributed by atoms with Gasteiger partial charge in [0.1, 0.15) is 17.7 Å². The van der Waals surface area contributed by atoms with E-state index in [0.717, 1.165) is 30.0 Å². The summed E-state index contributed by atoms with van der Waals surface area (Å²) in [7, 11) is 0. The van der Waals surface area contributed by atoms with Crippen molar-refractivity contribution in [1.82, 2.24) is 15.1 Å². The molecule has 7 heteroatoms. The molecule has 1 fully saturated rings. The minimum Gasteiger partial charge on any atom is -0.469 e. The molecule has 1 aliphatic heterocycles. The first-order valence-electron chi connectivity index (χ1n) is 8.16. The summed E-state index contributed by atoms with van der Waals surface area (Å²) in [5.74, 6) is -0.161. The molecule has 1 aromatic heterocycles. The van der Waals surface area contributed by atoms with Gasteiger partial charge in [-0.25, -0.2) is 0 Å². The summed E-state index contributed by atoms with van der Waals surface area (Å²) in [6.07, 6.45) is 1.81. The van der Waals surface area contributed by atoms with E-state index in [4.69, 9.17) is 9.47 Å². The molecule has 1 unspecified atom stereocenters. The topological polar surface area (TPSA) is 64.6 Å². The van der Waals surface area contributed by atoms with Crippen molar-refractivity contribution >= 4 is 17.3 Å². The molecule has 2 aromatic rings. The summed E-state index contributed by atoms with van der Waals surface area (Å²) in [6, 6.07) is 9.54. The molecule has 2 heterocycles. The average molecular weight is 347 g/mol. The minimum absolute atomic E-state index is 0.161. The van der Waals surface area contributed by atoms with Gasteiger partial charge in [0.05, 0.1) is 13.2 Å². The third-order valence-corrected chi connectivity index (χ3v) is 4.73. The fourth-order valence-electron chi connectivity index (χ4n) is 2.76. The second-order valence-corrected chi connectivity index (χ2v) is 6.64. The lowest BCUT2D eigenvalue weighted by molar-refractivity contribution is -0.150. The molecular weight excluding hydrogens is 326 g/mol. The highest BCUT2D eigenvalue weighted by Gasteiger charge is 2.32. The Morgan fingerprint density at radius 2 is 2.17 bits per heavy atom. The van der Waals surface area contributed by atoms with Gasteiger partial charge in [0, 0.05) is 0 Å². The molecule has 0 bridgehead atoms. The van der Waals surface area contributed by atoms with Gasteiger partial charge >= 0.3 is 5.97 Å². The van der Waals surface area contributed by atoms with Crippen LogP contribution in [0, 0.1) is 0 Å². The molecule has 0 amide bonds. The molecule has 1 aliphatic rings. The highest BCUT2D eigenvalue weighted by Crippen LogP contribution is 2.25. The van der Waals surface area contributed by atoms with E-state index in [1.807, 2.05) is 37.3 Å². The predicted molar refractivity (Wildman–Crippen MR) is 90.7 cm³/mol. The molecule has 0 saturated carbocycles. The van der Waals surface area contributed by atoms with E-state index < -0.39 is 0 Å². The molecule has 1 aromatic carbocycles. The Hall–Kier alpha value is -1.99. The summed E-state index contributed by atoms with van der Waals surface area (Å²) in [6.45, 7) is 4.29. The fraction of sp³-hybridized carbons (Fsp3) is 0.471. The first-order valence-corrected chi connectivity index (χ1v) is 8.97. The van der Waals surface area contributed by atoms with Gasteiger partial charge in [-0.2, -0.15) is 0 Å². The Kier molecular flexibility index (Phi) is 5.77. The van der Waals surface area contributed by atoms with Crippen LogP contribution in [-0.4, -0.2) is 40.3 Å². The Balaban J connectivity index is 1.55. The van der Waals surface area contributed by atoms with Gasteiger partial charge in [0.2, 0.25) is 0 Å². The van der Waals surface area contributed by atoms with Crippen LogP contribution < -0.4 is 4.74 Å². The highest BCUT2D eigenvalue weighted by molar-refractivity contribution is 7.13. The molecule has 6 nitrogen and oxygen atoms in total. The number of rotatable bonds is 7. The van der Waals surface area contributed by atoms with Gasteiger partial charge in [-0.05, 0) is 31.9 Å². The summed E-state index contributed by atoms with van der Waals surface area (Å²) in [5, 5.41) is 9.57. The number of hydrogen-bond donors (Lipinski definition) is 0. The maximum atomic E-state index is 12.4. The Bertz CT molecular complexity index is 662. The lowest BCUT2D eigenvalue weighted by atomic mass is 10.2. The number of esters is 1. The second-order valence-electron chi connectivity index (χ2n) is 5.62. The molecule has 1 saturated heterocycles. The van der Waals surface area contributed by atoms with Crippen LogP contribution in [-0.2, 0) is 22.7 Å². The Morgan fingerprint density at radius 1 is 1.33 bits per heavy atom. The van der Waals surface area contributed by atoms with E-state index in [9.17, 15) is 4.79 Å². The third-order valence-electron chi connectivity index (χ3n) is 3.91. The van der Waals surface area contributed by atoms with E-state index in [0.29, 0.717) is 25.0 Å². The van der Waals surface area contributed by atoms with Crippen molar-refractivity contribution in [3.63, 3.8) is 0 Å². The number of nitrogens with zero attached hydrogens (tertiary/aromatic N) is 3. The van der Waals surface area contributed by atoms with Crippen LogP contribution in [0.4, 0.5) is 0 Å². The number of hydrogen-bond acceptors (Lipinski definition) is 7. The quantitative estimate of drug-likeness (QED) is 0.718. The summed E-state index contributed by atoms with van der Waals surface area (Å²) in [4.78, 5) is 14.5. The zero-order valence-electron chi connectivity index (χ0n) is 13.7. The smallest absolute Gasteiger partial charge is 0.323 e. The summed E-state index contributed by atoms with van der Waals surface area (Å²) < 4.78 is 10.8. The molecule has 1 atom stereocenters. The first kappa shape index (κ1) is 16.9. The van der Waals surface area contributed by atoms with Crippen LogP contribution in [0.1, 0.15) is 30.3 Å². The van der Waals surface area contributed by atoms with Gasteiger partial charge in [0.25, 0.3) is 5.19 Å². The van der Waals surface area contributed by atoms with E-state index in [1.165, 1.54) is 11.3 Å². The van der Waals surface area contributed by atoms with Gasteiger partial charge in [-0.3, -0.25) is 9.69 Å². The average Bonchev–Trinajstić information content (AvgIpc) is 3.24. The zero-order chi connectivity index (χ0) is 16.8. The number of aromatic nitrogens is 2. The van der Waals surface area contributed by atoms with Gasteiger partial charge < -0.3 is 9.47 Å². The maximum Gasteiger partial charge on any atom is 0.323 e. The van der Waals surface area contributed by atoms with Crippen molar-refractivity contribution in [2.45, 2.75) is 39.0 Å². The second kappa shape index (κ2) is 8.21. The van der Waals surface area contributed by atoms with Crippen molar-refractivity contribution < 1.29 is 14.3 Å². The molecule has 0 radical (unpaired) electrons. The normalized spacial score (nSPS) is 17.8. The molecule has 0 aliphatic carbocycles. The van der Waals surface area contributed by atoms with Crippen molar-refractivity contribution in [2.24, 2.45) is 0 Å². The predicted octanol–water partition coefficient (Wildman–Crippen LogP) is 2.64. The van der Waals surface area contributed by atoms with E-state index in [-0.39, 0.29) is 12.0 Å². The summed E-state index contributed by atoms with van der Waals surface area (Å²) in [5.41, 5.74) is 1.00.